The summed E-state index contributed by atoms with van der Waals surface area (Å²) in [6, 6.07) is 7.34. The Morgan fingerprint density at radius 3 is 2.62 bits per heavy atom. The zero-order valence-electron chi connectivity index (χ0n) is 8.43. The highest BCUT2D eigenvalue weighted by molar-refractivity contribution is 5.53. The van der Waals surface area contributed by atoms with Gasteiger partial charge in [-0.1, -0.05) is 12.1 Å². The van der Waals surface area contributed by atoms with E-state index in [9.17, 15) is 0 Å². The van der Waals surface area contributed by atoms with Crippen LogP contribution in [-0.4, -0.2) is 6.04 Å². The summed E-state index contributed by atoms with van der Waals surface area (Å²) in [4.78, 5) is 0. The Labute approximate surface area is 80.2 Å². The van der Waals surface area contributed by atoms with Crippen molar-refractivity contribution in [2.24, 2.45) is 0 Å². The minimum absolute atomic E-state index is 0.737. The molecule has 1 fully saturated rings. The van der Waals surface area contributed by atoms with E-state index in [2.05, 4.69) is 37.4 Å². The Kier molecular flexibility index (Phi) is 2.26. The third-order valence-electron chi connectivity index (χ3n) is 2.86. The van der Waals surface area contributed by atoms with Crippen LogP contribution in [0.3, 0.4) is 0 Å². The fraction of sp³-hybridized carbons (Fsp3) is 0.500. The average molecular weight is 175 g/mol. The molecule has 1 aliphatic carbocycles. The molecule has 1 saturated carbocycles. The Hall–Kier alpha value is -0.980. The minimum Gasteiger partial charge on any atom is -0.382 e. The molecule has 0 spiro atoms. The van der Waals surface area contributed by atoms with Crippen LogP contribution in [0.2, 0.25) is 0 Å². The molecule has 70 valence electrons. The van der Waals surface area contributed by atoms with Crippen molar-refractivity contribution in [1.29, 1.82) is 0 Å². The first-order chi connectivity index (χ1) is 6.25. The smallest absolute Gasteiger partial charge is 0.0374 e. The van der Waals surface area contributed by atoms with Crippen LogP contribution in [0.15, 0.2) is 18.2 Å². The third-order valence-corrected chi connectivity index (χ3v) is 2.86. The lowest BCUT2D eigenvalue weighted by Gasteiger charge is -2.28. The van der Waals surface area contributed by atoms with Gasteiger partial charge in [0.1, 0.15) is 0 Å². The zero-order valence-corrected chi connectivity index (χ0v) is 8.43. The van der Waals surface area contributed by atoms with Crippen LogP contribution < -0.4 is 5.32 Å². The molecule has 1 nitrogen and oxygen atoms in total. The summed E-state index contributed by atoms with van der Waals surface area (Å²) in [6.45, 7) is 4.31. The number of nitrogens with one attached hydrogen (secondary N) is 1. The lowest BCUT2D eigenvalue weighted by Crippen LogP contribution is -2.27. The van der Waals surface area contributed by atoms with Crippen molar-refractivity contribution in [3.05, 3.63) is 29.3 Å². The van der Waals surface area contributed by atoms with Crippen molar-refractivity contribution in [3.8, 4) is 0 Å². The summed E-state index contributed by atoms with van der Waals surface area (Å²) in [5, 5.41) is 3.59. The number of rotatable bonds is 2. The number of aryl methyl sites for hydroxylation is 2. The Balaban J connectivity index is 2.13. The summed E-state index contributed by atoms with van der Waals surface area (Å²) in [5.74, 6) is 0. The van der Waals surface area contributed by atoms with Crippen molar-refractivity contribution < 1.29 is 0 Å². The Bertz CT molecular complexity index is 300. The first kappa shape index (κ1) is 8.61. The summed E-state index contributed by atoms with van der Waals surface area (Å²) in [7, 11) is 0. The first-order valence-corrected chi connectivity index (χ1v) is 5.09. The van der Waals surface area contributed by atoms with Crippen LogP contribution in [0, 0.1) is 13.8 Å². The monoisotopic (exact) mass is 175 g/mol. The molecule has 1 aromatic carbocycles. The van der Waals surface area contributed by atoms with Crippen LogP contribution in [0.25, 0.3) is 0 Å². The van der Waals surface area contributed by atoms with Crippen LogP contribution in [0.4, 0.5) is 5.69 Å². The highest BCUT2D eigenvalue weighted by Gasteiger charge is 2.17. The molecule has 1 heteroatoms. The average Bonchev–Trinajstić information content (AvgIpc) is 2.03. The molecule has 0 aromatic heterocycles. The van der Waals surface area contributed by atoms with Gasteiger partial charge in [0.2, 0.25) is 0 Å². The quantitative estimate of drug-likeness (QED) is 0.727. The van der Waals surface area contributed by atoms with Crippen LogP contribution >= 0.6 is 0 Å². The highest BCUT2D eigenvalue weighted by atomic mass is 14.9. The van der Waals surface area contributed by atoms with Gasteiger partial charge in [-0.3, -0.25) is 0 Å². The Morgan fingerprint density at radius 1 is 1.23 bits per heavy atom. The number of hydrogen-bond acceptors (Lipinski definition) is 1. The van der Waals surface area contributed by atoms with Gasteiger partial charge in [-0.2, -0.15) is 0 Å². The lowest BCUT2D eigenvalue weighted by molar-refractivity contribution is 0.445. The van der Waals surface area contributed by atoms with E-state index in [4.69, 9.17) is 0 Å². The number of benzene rings is 1. The second kappa shape index (κ2) is 3.41. The summed E-state index contributed by atoms with van der Waals surface area (Å²) < 4.78 is 0. The Morgan fingerprint density at radius 2 is 2.00 bits per heavy atom. The maximum absolute atomic E-state index is 3.59. The standard InChI is InChI=1S/C12H17N/c1-9-6-7-10(2)12(8-9)13-11-4-3-5-11/h6-8,11,13H,3-5H2,1-2H3. The van der Waals surface area contributed by atoms with E-state index in [0.29, 0.717) is 0 Å². The lowest BCUT2D eigenvalue weighted by atomic mass is 9.92. The number of anilines is 1. The van der Waals surface area contributed by atoms with Gasteiger partial charge in [0.25, 0.3) is 0 Å². The molecule has 1 aliphatic rings. The minimum atomic E-state index is 0.737. The molecule has 0 bridgehead atoms. The first-order valence-electron chi connectivity index (χ1n) is 5.09. The van der Waals surface area contributed by atoms with Crippen molar-refractivity contribution in [3.63, 3.8) is 0 Å². The second-order valence-electron chi connectivity index (χ2n) is 4.09. The maximum atomic E-state index is 3.59. The van der Waals surface area contributed by atoms with Gasteiger partial charge in [0.15, 0.2) is 0 Å². The normalized spacial score (nSPS) is 16.8. The molecule has 0 radical (unpaired) electrons. The highest BCUT2D eigenvalue weighted by Crippen LogP contribution is 2.25. The molecule has 1 aromatic rings. The van der Waals surface area contributed by atoms with Crippen molar-refractivity contribution in [1.82, 2.24) is 0 Å². The predicted molar refractivity (Wildman–Crippen MR) is 57.2 cm³/mol. The number of hydrogen-bond donors (Lipinski definition) is 1. The molecule has 0 unspecified atom stereocenters. The van der Waals surface area contributed by atoms with Gasteiger partial charge < -0.3 is 5.32 Å². The van der Waals surface area contributed by atoms with Crippen LogP contribution in [0.1, 0.15) is 30.4 Å². The van der Waals surface area contributed by atoms with E-state index in [1.165, 1.54) is 36.1 Å². The van der Waals surface area contributed by atoms with Gasteiger partial charge in [-0.15, -0.1) is 0 Å². The molecular formula is C12H17N. The van der Waals surface area contributed by atoms with Gasteiger partial charge in [0.05, 0.1) is 0 Å². The second-order valence-corrected chi connectivity index (χ2v) is 4.09. The predicted octanol–water partition coefficient (Wildman–Crippen LogP) is 3.27. The summed E-state index contributed by atoms with van der Waals surface area (Å²) in [5.41, 5.74) is 4.02. The van der Waals surface area contributed by atoms with Gasteiger partial charge in [0, 0.05) is 11.7 Å². The van der Waals surface area contributed by atoms with Gasteiger partial charge >= 0.3 is 0 Å². The molecule has 0 heterocycles. The molecular weight excluding hydrogens is 158 g/mol. The van der Waals surface area contributed by atoms with E-state index in [1.54, 1.807) is 0 Å². The zero-order chi connectivity index (χ0) is 9.26. The summed E-state index contributed by atoms with van der Waals surface area (Å²) >= 11 is 0. The maximum Gasteiger partial charge on any atom is 0.0374 e. The molecule has 0 saturated heterocycles. The van der Waals surface area contributed by atoms with E-state index in [0.717, 1.165) is 6.04 Å². The SMILES string of the molecule is Cc1ccc(C)c(NC2CCC2)c1. The molecule has 1 N–H and O–H groups in total. The van der Waals surface area contributed by atoms with E-state index < -0.39 is 0 Å². The fourth-order valence-corrected chi connectivity index (χ4v) is 1.66. The fourth-order valence-electron chi connectivity index (χ4n) is 1.66. The molecule has 0 atom stereocenters. The molecule has 2 rings (SSSR count). The largest absolute Gasteiger partial charge is 0.382 e. The van der Waals surface area contributed by atoms with Crippen LogP contribution in [-0.2, 0) is 0 Å². The third kappa shape index (κ3) is 1.85. The van der Waals surface area contributed by atoms with Crippen molar-refractivity contribution in [2.75, 3.05) is 5.32 Å². The van der Waals surface area contributed by atoms with Gasteiger partial charge in [-0.25, -0.2) is 0 Å². The molecule has 0 aliphatic heterocycles. The van der Waals surface area contributed by atoms with E-state index in [1.807, 2.05) is 0 Å². The van der Waals surface area contributed by atoms with Gasteiger partial charge in [-0.05, 0) is 50.3 Å². The van der Waals surface area contributed by atoms with Crippen LogP contribution in [0.5, 0.6) is 0 Å². The topological polar surface area (TPSA) is 12.0 Å². The molecule has 13 heavy (non-hydrogen) atoms. The van der Waals surface area contributed by atoms with E-state index in [-0.39, 0.29) is 0 Å². The van der Waals surface area contributed by atoms with E-state index >= 15 is 0 Å². The summed E-state index contributed by atoms with van der Waals surface area (Å²) in [6.07, 6.45) is 4.07. The van der Waals surface area contributed by atoms with Crippen molar-refractivity contribution in [2.45, 2.75) is 39.2 Å². The molecule has 0 amide bonds. The van der Waals surface area contributed by atoms with Crippen molar-refractivity contribution >= 4 is 5.69 Å².